The van der Waals surface area contributed by atoms with Gasteiger partial charge in [-0.1, -0.05) is 0 Å². The number of nitrogens with zero attached hydrogens (tertiary/aromatic N) is 2. The maximum atomic E-state index is 5.51. The van der Waals surface area contributed by atoms with Crippen molar-refractivity contribution in [3.63, 3.8) is 0 Å². The van der Waals surface area contributed by atoms with Gasteiger partial charge in [0.05, 0.1) is 0 Å². The topological polar surface area (TPSA) is 27.7 Å². The highest BCUT2D eigenvalue weighted by molar-refractivity contribution is 4.84. The van der Waals surface area contributed by atoms with Crippen LogP contribution in [0.5, 0.6) is 0 Å². The standard InChI is InChI=1S/C15H31N3O/c1-13(18-8-6-16-7-9-18)12-15(17(2)3)14-4-10-19-11-5-14/h13-16H,4-12H2,1-3H3. The molecule has 2 saturated heterocycles. The Balaban J connectivity index is 1.87. The normalized spacial score (nSPS) is 26.5. The Morgan fingerprint density at radius 1 is 1.21 bits per heavy atom. The van der Waals surface area contributed by atoms with Crippen LogP contribution < -0.4 is 5.32 Å². The second-order valence-electron chi connectivity index (χ2n) is 6.35. The largest absolute Gasteiger partial charge is 0.381 e. The highest BCUT2D eigenvalue weighted by atomic mass is 16.5. The molecule has 0 amide bonds. The third-order valence-electron chi connectivity index (χ3n) is 4.83. The van der Waals surface area contributed by atoms with Crippen molar-refractivity contribution in [1.82, 2.24) is 15.1 Å². The minimum atomic E-state index is 0.692. The van der Waals surface area contributed by atoms with Crippen LogP contribution in [0, 0.1) is 5.92 Å². The summed E-state index contributed by atoms with van der Waals surface area (Å²) in [6, 6.07) is 1.39. The first-order chi connectivity index (χ1) is 9.18. The Hall–Kier alpha value is -0.160. The summed E-state index contributed by atoms with van der Waals surface area (Å²) in [4.78, 5) is 5.08. The molecule has 2 aliphatic rings. The van der Waals surface area contributed by atoms with E-state index in [1.54, 1.807) is 0 Å². The lowest BCUT2D eigenvalue weighted by molar-refractivity contribution is 0.0261. The van der Waals surface area contributed by atoms with E-state index in [4.69, 9.17) is 4.74 Å². The zero-order chi connectivity index (χ0) is 13.7. The van der Waals surface area contributed by atoms with E-state index in [2.05, 4.69) is 36.1 Å². The van der Waals surface area contributed by atoms with Crippen LogP contribution in [0.3, 0.4) is 0 Å². The van der Waals surface area contributed by atoms with Crippen LogP contribution in [-0.2, 0) is 4.74 Å². The first-order valence-corrected chi connectivity index (χ1v) is 7.87. The molecule has 2 unspecified atom stereocenters. The molecule has 1 N–H and O–H groups in total. The van der Waals surface area contributed by atoms with Gasteiger partial charge in [0.15, 0.2) is 0 Å². The Morgan fingerprint density at radius 3 is 2.42 bits per heavy atom. The molecule has 0 aromatic heterocycles. The first kappa shape index (κ1) is 15.2. The van der Waals surface area contributed by atoms with Crippen LogP contribution in [0.15, 0.2) is 0 Å². The minimum absolute atomic E-state index is 0.692. The smallest absolute Gasteiger partial charge is 0.0469 e. The minimum Gasteiger partial charge on any atom is -0.381 e. The van der Waals surface area contributed by atoms with Crippen LogP contribution in [0.1, 0.15) is 26.2 Å². The number of rotatable bonds is 5. The molecule has 2 aliphatic heterocycles. The van der Waals surface area contributed by atoms with Gasteiger partial charge < -0.3 is 15.0 Å². The second kappa shape index (κ2) is 7.58. The molecule has 0 saturated carbocycles. The van der Waals surface area contributed by atoms with Gasteiger partial charge in [0, 0.05) is 51.5 Å². The Kier molecular flexibility index (Phi) is 6.07. The summed E-state index contributed by atoms with van der Waals surface area (Å²) < 4.78 is 5.51. The highest BCUT2D eigenvalue weighted by Crippen LogP contribution is 2.26. The van der Waals surface area contributed by atoms with E-state index in [-0.39, 0.29) is 0 Å². The van der Waals surface area contributed by atoms with Crippen molar-refractivity contribution >= 4 is 0 Å². The van der Waals surface area contributed by atoms with E-state index >= 15 is 0 Å². The Bertz CT molecular complexity index is 248. The fourth-order valence-electron chi connectivity index (χ4n) is 3.55. The quantitative estimate of drug-likeness (QED) is 0.807. The van der Waals surface area contributed by atoms with E-state index in [1.807, 2.05) is 0 Å². The summed E-state index contributed by atoms with van der Waals surface area (Å²) >= 11 is 0. The van der Waals surface area contributed by atoms with Gasteiger partial charge in [0.1, 0.15) is 0 Å². The molecule has 4 nitrogen and oxygen atoms in total. The molecule has 2 fully saturated rings. The molecule has 19 heavy (non-hydrogen) atoms. The van der Waals surface area contributed by atoms with Gasteiger partial charge in [-0.2, -0.15) is 0 Å². The third kappa shape index (κ3) is 4.42. The van der Waals surface area contributed by atoms with Crippen LogP contribution in [0.2, 0.25) is 0 Å². The van der Waals surface area contributed by atoms with E-state index in [1.165, 1.54) is 32.4 Å². The molecule has 0 aromatic carbocycles. The van der Waals surface area contributed by atoms with E-state index < -0.39 is 0 Å². The van der Waals surface area contributed by atoms with E-state index in [9.17, 15) is 0 Å². The van der Waals surface area contributed by atoms with Crippen molar-refractivity contribution in [1.29, 1.82) is 0 Å². The summed E-state index contributed by atoms with van der Waals surface area (Å²) in [5.74, 6) is 0.814. The SMILES string of the molecule is CC(CC(C1CCOCC1)N(C)C)N1CCNCC1. The van der Waals surface area contributed by atoms with Crippen molar-refractivity contribution in [3.05, 3.63) is 0 Å². The number of nitrogens with one attached hydrogen (secondary N) is 1. The molecule has 2 heterocycles. The Labute approximate surface area is 118 Å². The molecule has 112 valence electrons. The predicted octanol–water partition coefficient (Wildman–Crippen LogP) is 1.03. The molecule has 4 heteroatoms. The summed E-state index contributed by atoms with van der Waals surface area (Å²) in [6.07, 6.45) is 3.76. The third-order valence-corrected chi connectivity index (χ3v) is 4.83. The summed E-state index contributed by atoms with van der Waals surface area (Å²) in [6.45, 7) is 9.02. The van der Waals surface area contributed by atoms with Gasteiger partial charge in [-0.05, 0) is 46.2 Å². The zero-order valence-electron chi connectivity index (χ0n) is 12.9. The molecular weight excluding hydrogens is 238 g/mol. The lowest BCUT2D eigenvalue weighted by Crippen LogP contribution is -2.50. The van der Waals surface area contributed by atoms with Gasteiger partial charge in [0.2, 0.25) is 0 Å². The van der Waals surface area contributed by atoms with Crippen molar-refractivity contribution in [2.45, 2.75) is 38.3 Å². The number of hydrogen-bond acceptors (Lipinski definition) is 4. The van der Waals surface area contributed by atoms with Crippen LogP contribution in [0.25, 0.3) is 0 Å². The lowest BCUT2D eigenvalue weighted by atomic mass is 9.87. The summed E-state index contributed by atoms with van der Waals surface area (Å²) in [5.41, 5.74) is 0. The highest BCUT2D eigenvalue weighted by Gasteiger charge is 2.29. The average molecular weight is 269 g/mol. The van der Waals surface area contributed by atoms with Crippen molar-refractivity contribution < 1.29 is 4.74 Å². The van der Waals surface area contributed by atoms with Crippen molar-refractivity contribution in [2.24, 2.45) is 5.92 Å². The summed E-state index contributed by atoms with van der Waals surface area (Å²) in [5, 5.41) is 3.44. The number of ether oxygens (including phenoxy) is 1. The molecule has 2 atom stereocenters. The molecule has 0 spiro atoms. The molecule has 0 bridgehead atoms. The predicted molar refractivity (Wildman–Crippen MR) is 79.5 cm³/mol. The maximum Gasteiger partial charge on any atom is 0.0469 e. The van der Waals surface area contributed by atoms with Crippen molar-refractivity contribution in [3.8, 4) is 0 Å². The van der Waals surface area contributed by atoms with Crippen molar-refractivity contribution in [2.75, 3.05) is 53.5 Å². The molecule has 2 rings (SSSR count). The van der Waals surface area contributed by atoms with E-state index in [0.717, 1.165) is 32.2 Å². The van der Waals surface area contributed by atoms with Gasteiger partial charge in [-0.3, -0.25) is 4.90 Å². The lowest BCUT2D eigenvalue weighted by Gasteiger charge is -2.40. The molecule has 0 aromatic rings. The van der Waals surface area contributed by atoms with Gasteiger partial charge in [0.25, 0.3) is 0 Å². The Morgan fingerprint density at radius 2 is 1.84 bits per heavy atom. The molecule has 0 aliphatic carbocycles. The monoisotopic (exact) mass is 269 g/mol. The fourth-order valence-corrected chi connectivity index (χ4v) is 3.55. The molecular formula is C15H31N3O. The number of hydrogen-bond donors (Lipinski definition) is 1. The van der Waals surface area contributed by atoms with Crippen LogP contribution >= 0.6 is 0 Å². The summed E-state index contributed by atoms with van der Waals surface area (Å²) in [7, 11) is 4.48. The first-order valence-electron chi connectivity index (χ1n) is 7.87. The number of piperazine rings is 1. The van der Waals surface area contributed by atoms with E-state index in [0.29, 0.717) is 12.1 Å². The van der Waals surface area contributed by atoms with Gasteiger partial charge in [-0.15, -0.1) is 0 Å². The van der Waals surface area contributed by atoms with Crippen LogP contribution in [0.4, 0.5) is 0 Å². The van der Waals surface area contributed by atoms with Gasteiger partial charge >= 0.3 is 0 Å². The maximum absolute atomic E-state index is 5.51. The van der Waals surface area contributed by atoms with Gasteiger partial charge in [-0.25, -0.2) is 0 Å². The van der Waals surface area contributed by atoms with Crippen LogP contribution in [-0.4, -0.2) is 75.4 Å². The second-order valence-corrected chi connectivity index (χ2v) is 6.35. The average Bonchev–Trinajstić information content (AvgIpc) is 2.46. The zero-order valence-corrected chi connectivity index (χ0v) is 12.9. The fraction of sp³-hybridized carbons (Fsp3) is 1.00. The molecule has 0 radical (unpaired) electrons.